The summed E-state index contributed by atoms with van der Waals surface area (Å²) in [5.74, 6) is 0.458. The van der Waals surface area contributed by atoms with E-state index in [0.29, 0.717) is 60.9 Å². The molecular weight excluding hydrogens is 654 g/mol. The molecule has 0 aliphatic carbocycles. The number of carbonyl (C=O) groups is 3. The second-order valence-electron chi connectivity index (χ2n) is 9.62. The quantitative estimate of drug-likeness (QED) is 0.0416. The van der Waals surface area contributed by atoms with E-state index in [0.717, 1.165) is 41.9 Å². The molecular formula is C36H36BrNO8. The first kappa shape index (κ1) is 35.5. The summed E-state index contributed by atoms with van der Waals surface area (Å²) >= 11 is 3.49. The van der Waals surface area contributed by atoms with Gasteiger partial charge < -0.3 is 23.7 Å². The third-order valence-electron chi connectivity index (χ3n) is 6.10. The number of hydrogen-bond donors (Lipinski definition) is 0. The van der Waals surface area contributed by atoms with Crippen LogP contribution in [0, 0.1) is 0 Å². The second kappa shape index (κ2) is 20.1. The van der Waals surface area contributed by atoms with Crippen molar-refractivity contribution in [3.8, 4) is 17.2 Å². The fourth-order valence-corrected chi connectivity index (χ4v) is 4.15. The largest absolute Gasteiger partial charge is 0.494 e. The van der Waals surface area contributed by atoms with Gasteiger partial charge in [-0.15, -0.1) is 0 Å². The number of carbonyl (C=O) groups excluding carboxylic acids is 3. The third kappa shape index (κ3) is 13.8. The number of benzene rings is 3. The van der Waals surface area contributed by atoms with Crippen LogP contribution in [0.4, 0.5) is 5.69 Å². The number of halogens is 1. The molecule has 9 nitrogen and oxygen atoms in total. The molecule has 0 fully saturated rings. The van der Waals surface area contributed by atoms with Gasteiger partial charge in [0.15, 0.2) is 0 Å². The lowest BCUT2D eigenvalue weighted by Gasteiger charge is -2.07. The van der Waals surface area contributed by atoms with Gasteiger partial charge in [0.2, 0.25) is 0 Å². The number of rotatable bonds is 19. The highest BCUT2D eigenvalue weighted by atomic mass is 79.9. The molecule has 0 heterocycles. The zero-order valence-corrected chi connectivity index (χ0v) is 27.0. The smallest absolute Gasteiger partial charge is 0.336 e. The number of unbranched alkanes of at least 4 members (excludes halogenated alkanes) is 2. The summed E-state index contributed by atoms with van der Waals surface area (Å²) < 4.78 is 27.4. The van der Waals surface area contributed by atoms with Crippen LogP contribution in [0.25, 0.3) is 6.08 Å². The average molecular weight is 691 g/mol. The van der Waals surface area contributed by atoms with Crippen molar-refractivity contribution in [3.05, 3.63) is 114 Å². The molecule has 10 heteroatoms. The van der Waals surface area contributed by atoms with E-state index >= 15 is 0 Å². The molecule has 0 atom stereocenters. The second-order valence-corrected chi connectivity index (χ2v) is 10.5. The number of nitrogens with zero attached hydrogens (tertiary/aromatic N) is 1. The Morgan fingerprint density at radius 2 is 1.15 bits per heavy atom. The minimum Gasteiger partial charge on any atom is -0.494 e. The Kier molecular flexibility index (Phi) is 15.6. The third-order valence-corrected chi connectivity index (χ3v) is 6.73. The number of esters is 3. The molecule has 0 N–H and O–H groups in total. The van der Waals surface area contributed by atoms with E-state index in [2.05, 4.69) is 34.1 Å². The predicted molar refractivity (Wildman–Crippen MR) is 181 cm³/mol. The van der Waals surface area contributed by atoms with E-state index < -0.39 is 17.9 Å². The molecule has 3 aromatic rings. The van der Waals surface area contributed by atoms with E-state index in [1.165, 1.54) is 6.08 Å². The molecule has 0 aliphatic heterocycles. The number of aliphatic imine (C=N–C) groups is 1. The Bertz CT molecular complexity index is 1510. The zero-order chi connectivity index (χ0) is 33.0. The van der Waals surface area contributed by atoms with E-state index in [1.807, 2.05) is 48.5 Å². The summed E-state index contributed by atoms with van der Waals surface area (Å²) in [6.07, 6.45) is 9.94. The van der Waals surface area contributed by atoms with Crippen LogP contribution in [0.15, 0.2) is 108 Å². The zero-order valence-electron chi connectivity index (χ0n) is 25.4. The Labute approximate surface area is 277 Å². The molecule has 0 saturated carbocycles. The maximum Gasteiger partial charge on any atom is 0.336 e. The molecule has 46 heavy (non-hydrogen) atoms. The first-order valence-electron chi connectivity index (χ1n) is 14.6. The summed E-state index contributed by atoms with van der Waals surface area (Å²) in [6.45, 7) is 8.40. The molecule has 0 spiro atoms. The molecule has 3 aromatic carbocycles. The summed E-state index contributed by atoms with van der Waals surface area (Å²) in [4.78, 5) is 38.9. The van der Waals surface area contributed by atoms with Gasteiger partial charge in [-0.25, -0.2) is 14.4 Å². The van der Waals surface area contributed by atoms with Crippen LogP contribution < -0.4 is 14.2 Å². The van der Waals surface area contributed by atoms with Crippen molar-refractivity contribution >= 4 is 51.8 Å². The van der Waals surface area contributed by atoms with Crippen LogP contribution in [0.1, 0.15) is 36.8 Å². The Morgan fingerprint density at radius 1 is 0.652 bits per heavy atom. The fourth-order valence-electron chi connectivity index (χ4n) is 3.69. The van der Waals surface area contributed by atoms with Crippen molar-refractivity contribution in [1.82, 2.24) is 0 Å². The van der Waals surface area contributed by atoms with Gasteiger partial charge in [0.1, 0.15) is 17.2 Å². The standard InChI is InChI=1S/C36H36BrNO8/c1-3-34(39)44-23-7-5-21-42-29-14-9-27(10-15-29)13-20-36(41)46-31-18-19-33(32(37)25-31)38-26-28-11-16-30(17-12-28)43-22-6-8-24-45-35(40)4-2/h3-4,9-20,25-26H,1-2,5-8,21-24H2. The topological polar surface area (TPSA) is 110 Å². The molecule has 3 rings (SSSR count). The lowest BCUT2D eigenvalue weighted by molar-refractivity contribution is -0.138. The van der Waals surface area contributed by atoms with Crippen LogP contribution in [0.5, 0.6) is 17.2 Å². The highest BCUT2D eigenvalue weighted by Gasteiger charge is 2.06. The molecule has 0 bridgehead atoms. The Hall–Kier alpha value is -4.96. The summed E-state index contributed by atoms with van der Waals surface area (Å²) in [5.41, 5.74) is 2.38. The summed E-state index contributed by atoms with van der Waals surface area (Å²) in [6, 6.07) is 19.9. The SMILES string of the molecule is C=CC(=O)OCCCCOc1ccc(C=CC(=O)Oc2ccc(N=Cc3ccc(OCCCCOC(=O)C=C)cc3)c(Br)c2)cc1. The van der Waals surface area contributed by atoms with Gasteiger partial charge in [0, 0.05) is 28.9 Å². The Morgan fingerprint density at radius 3 is 1.67 bits per heavy atom. The van der Waals surface area contributed by atoms with E-state index in [1.54, 1.807) is 30.5 Å². The van der Waals surface area contributed by atoms with Gasteiger partial charge in [0.05, 0.1) is 32.1 Å². The van der Waals surface area contributed by atoms with Crippen LogP contribution >= 0.6 is 15.9 Å². The maximum absolute atomic E-state index is 12.4. The van der Waals surface area contributed by atoms with E-state index in [4.69, 9.17) is 23.7 Å². The van der Waals surface area contributed by atoms with Gasteiger partial charge in [-0.05, 0) is 113 Å². The number of ether oxygens (including phenoxy) is 5. The molecule has 0 radical (unpaired) electrons. The fraction of sp³-hybridized carbons (Fsp3) is 0.222. The van der Waals surface area contributed by atoms with Crippen LogP contribution in [0.2, 0.25) is 0 Å². The lowest BCUT2D eigenvalue weighted by atomic mass is 10.2. The van der Waals surface area contributed by atoms with Crippen molar-refractivity contribution in [2.75, 3.05) is 26.4 Å². The van der Waals surface area contributed by atoms with Crippen LogP contribution in [-0.4, -0.2) is 50.6 Å². The lowest BCUT2D eigenvalue weighted by Crippen LogP contribution is -2.04. The predicted octanol–water partition coefficient (Wildman–Crippen LogP) is 7.59. The highest BCUT2D eigenvalue weighted by Crippen LogP contribution is 2.30. The molecule has 0 unspecified atom stereocenters. The van der Waals surface area contributed by atoms with Crippen molar-refractivity contribution in [1.29, 1.82) is 0 Å². The van der Waals surface area contributed by atoms with Crippen LogP contribution in [-0.2, 0) is 23.9 Å². The molecule has 0 aromatic heterocycles. The minimum atomic E-state index is -0.515. The van der Waals surface area contributed by atoms with Gasteiger partial charge in [-0.3, -0.25) is 4.99 Å². The summed E-state index contributed by atoms with van der Waals surface area (Å²) in [7, 11) is 0. The average Bonchev–Trinajstić information content (AvgIpc) is 3.07. The van der Waals surface area contributed by atoms with Gasteiger partial charge >= 0.3 is 17.9 Å². The van der Waals surface area contributed by atoms with Gasteiger partial charge in [-0.1, -0.05) is 25.3 Å². The number of hydrogen-bond acceptors (Lipinski definition) is 9. The molecule has 0 aliphatic rings. The van der Waals surface area contributed by atoms with Crippen molar-refractivity contribution in [2.45, 2.75) is 25.7 Å². The molecule has 240 valence electrons. The molecule has 0 saturated heterocycles. The maximum atomic E-state index is 12.4. The van der Waals surface area contributed by atoms with Gasteiger partial charge in [-0.2, -0.15) is 0 Å². The van der Waals surface area contributed by atoms with Crippen molar-refractivity contribution in [3.63, 3.8) is 0 Å². The van der Waals surface area contributed by atoms with Gasteiger partial charge in [0.25, 0.3) is 0 Å². The highest BCUT2D eigenvalue weighted by molar-refractivity contribution is 9.10. The monoisotopic (exact) mass is 689 g/mol. The first-order chi connectivity index (χ1) is 22.4. The van der Waals surface area contributed by atoms with Crippen molar-refractivity contribution < 1.29 is 38.1 Å². The van der Waals surface area contributed by atoms with E-state index in [-0.39, 0.29) is 0 Å². The first-order valence-corrected chi connectivity index (χ1v) is 15.4. The Balaban J connectivity index is 1.39. The normalized spacial score (nSPS) is 10.8. The van der Waals surface area contributed by atoms with Crippen LogP contribution in [0.3, 0.4) is 0 Å². The molecule has 0 amide bonds. The minimum absolute atomic E-state index is 0.331. The van der Waals surface area contributed by atoms with Crippen molar-refractivity contribution in [2.24, 2.45) is 4.99 Å². The summed E-state index contributed by atoms with van der Waals surface area (Å²) in [5, 5.41) is 0. The van der Waals surface area contributed by atoms with E-state index in [9.17, 15) is 14.4 Å².